The zero-order chi connectivity index (χ0) is 25.1. The molecule has 0 atom stereocenters. The Balaban J connectivity index is 2.33. The van der Waals surface area contributed by atoms with Crippen molar-refractivity contribution < 1.29 is 39.6 Å². The van der Waals surface area contributed by atoms with Crippen LogP contribution >= 0.6 is 0 Å². The first kappa shape index (κ1) is 27.1. The molecule has 2 heterocycles. The minimum atomic E-state index is -1.05. The fourth-order valence-electron chi connectivity index (χ4n) is 3.75. The van der Waals surface area contributed by atoms with Gasteiger partial charge in [0.25, 0.3) is 0 Å². The van der Waals surface area contributed by atoms with Crippen molar-refractivity contribution in [3.05, 3.63) is 29.6 Å². The topological polar surface area (TPSA) is 175 Å². The molecular weight excluding hydrogens is 450 g/mol. The largest absolute Gasteiger partial charge is 0.480 e. The number of pyridine rings is 1. The van der Waals surface area contributed by atoms with Gasteiger partial charge in [0.05, 0.1) is 37.6 Å². The zero-order valence-corrected chi connectivity index (χ0v) is 18.9. The molecule has 0 fully saturated rings. The molecule has 0 saturated heterocycles. The Hall–Kier alpha value is -3.13. The Morgan fingerprint density at radius 1 is 0.588 bits per heavy atom. The molecular formula is C21H31N5O8. The van der Waals surface area contributed by atoms with E-state index in [-0.39, 0.29) is 78.5 Å². The van der Waals surface area contributed by atoms with Crippen LogP contribution in [-0.4, -0.2) is 134 Å². The molecule has 1 aliphatic rings. The van der Waals surface area contributed by atoms with Gasteiger partial charge in [-0.05, 0) is 12.1 Å². The van der Waals surface area contributed by atoms with Crippen molar-refractivity contribution in [1.82, 2.24) is 24.6 Å². The molecule has 0 aromatic carbocycles. The molecule has 1 aliphatic heterocycles. The summed E-state index contributed by atoms with van der Waals surface area (Å²) in [4.78, 5) is 56.5. The van der Waals surface area contributed by atoms with Crippen LogP contribution in [0.1, 0.15) is 11.4 Å². The summed E-state index contributed by atoms with van der Waals surface area (Å²) >= 11 is 0. The molecule has 0 radical (unpaired) electrons. The Bertz CT molecular complexity index is 802. The number of carbonyl (C=O) groups is 4. The van der Waals surface area contributed by atoms with Crippen molar-refractivity contribution in [1.29, 1.82) is 0 Å². The first-order chi connectivity index (χ1) is 16.1. The molecule has 188 valence electrons. The number of nitrogens with zero attached hydrogens (tertiary/aromatic N) is 5. The number of aliphatic carboxylic acids is 4. The molecule has 0 unspecified atom stereocenters. The predicted molar refractivity (Wildman–Crippen MR) is 118 cm³/mol. The van der Waals surface area contributed by atoms with Crippen molar-refractivity contribution >= 4 is 23.9 Å². The lowest BCUT2D eigenvalue weighted by atomic mass is 10.2. The van der Waals surface area contributed by atoms with Gasteiger partial charge in [0, 0.05) is 52.4 Å². The summed E-state index contributed by atoms with van der Waals surface area (Å²) in [6.07, 6.45) is 0. The SMILES string of the molecule is O=C(O)CN1CCN(CC(=O)O)CCN(CC(=O)O)Cc2cccc(n2)CN(CC(=O)O)CC1. The Kier molecular flexibility index (Phi) is 10.8. The van der Waals surface area contributed by atoms with Gasteiger partial charge in [-0.2, -0.15) is 0 Å². The van der Waals surface area contributed by atoms with E-state index >= 15 is 0 Å². The normalized spacial score (nSPS) is 18.0. The number of hydrogen-bond acceptors (Lipinski definition) is 9. The molecule has 0 spiro atoms. The summed E-state index contributed by atoms with van der Waals surface area (Å²) in [5, 5.41) is 37.2. The lowest BCUT2D eigenvalue weighted by molar-refractivity contribution is -0.141. The predicted octanol–water partition coefficient (Wildman–Crippen LogP) is -1.36. The van der Waals surface area contributed by atoms with Crippen molar-refractivity contribution in [2.45, 2.75) is 13.1 Å². The molecule has 0 amide bonds. The lowest BCUT2D eigenvalue weighted by Crippen LogP contribution is -2.45. The highest BCUT2D eigenvalue weighted by molar-refractivity contribution is 5.70. The monoisotopic (exact) mass is 481 g/mol. The smallest absolute Gasteiger partial charge is 0.317 e. The summed E-state index contributed by atoms with van der Waals surface area (Å²) in [5.74, 6) is -4.15. The van der Waals surface area contributed by atoms with Crippen LogP contribution < -0.4 is 0 Å². The van der Waals surface area contributed by atoms with Crippen LogP contribution in [0.2, 0.25) is 0 Å². The van der Waals surface area contributed by atoms with Gasteiger partial charge in [-0.1, -0.05) is 6.07 Å². The average Bonchev–Trinajstić information content (AvgIpc) is 2.71. The Morgan fingerprint density at radius 3 is 1.21 bits per heavy atom. The van der Waals surface area contributed by atoms with E-state index in [0.29, 0.717) is 11.4 Å². The third kappa shape index (κ3) is 10.7. The number of aromatic nitrogens is 1. The maximum Gasteiger partial charge on any atom is 0.317 e. The zero-order valence-electron chi connectivity index (χ0n) is 18.9. The summed E-state index contributed by atoms with van der Waals surface area (Å²) in [6.45, 7) is 0.975. The molecule has 2 rings (SSSR count). The Morgan fingerprint density at radius 2 is 0.882 bits per heavy atom. The van der Waals surface area contributed by atoms with Gasteiger partial charge >= 0.3 is 23.9 Å². The molecule has 2 bridgehead atoms. The van der Waals surface area contributed by atoms with Crippen LogP contribution in [0, 0.1) is 0 Å². The highest BCUT2D eigenvalue weighted by Crippen LogP contribution is 2.09. The van der Waals surface area contributed by atoms with E-state index in [9.17, 15) is 39.6 Å². The average molecular weight is 482 g/mol. The fraction of sp³-hybridized carbons (Fsp3) is 0.571. The van der Waals surface area contributed by atoms with E-state index in [1.165, 1.54) is 0 Å². The molecule has 1 aromatic rings. The maximum atomic E-state index is 11.4. The van der Waals surface area contributed by atoms with Gasteiger partial charge in [0.2, 0.25) is 0 Å². The number of rotatable bonds is 8. The van der Waals surface area contributed by atoms with Crippen LogP contribution in [0.15, 0.2) is 18.2 Å². The van der Waals surface area contributed by atoms with Gasteiger partial charge in [0.15, 0.2) is 0 Å². The van der Waals surface area contributed by atoms with Gasteiger partial charge in [0.1, 0.15) is 0 Å². The second kappa shape index (κ2) is 13.5. The van der Waals surface area contributed by atoms with Crippen LogP contribution in [0.3, 0.4) is 0 Å². The third-order valence-electron chi connectivity index (χ3n) is 5.27. The standard InChI is InChI=1S/C21H31N5O8/c27-18(28)12-23-4-5-24(13-19(29)30)7-9-26(15-21(33)34)11-17-3-1-2-16(22-17)10-25(8-6-23)14-20(31)32/h1-3H,4-15H2,(H,27,28)(H,29,30)(H,31,32)(H,33,34). The molecule has 34 heavy (non-hydrogen) atoms. The van der Waals surface area contributed by atoms with Crippen LogP contribution in [-0.2, 0) is 32.3 Å². The van der Waals surface area contributed by atoms with E-state index in [1.54, 1.807) is 37.8 Å². The number of carboxylic acid groups (broad SMARTS) is 4. The lowest BCUT2D eigenvalue weighted by Gasteiger charge is -2.29. The molecule has 13 heteroatoms. The third-order valence-corrected chi connectivity index (χ3v) is 5.27. The molecule has 13 nitrogen and oxygen atoms in total. The van der Waals surface area contributed by atoms with Gasteiger partial charge in [-0.3, -0.25) is 43.8 Å². The van der Waals surface area contributed by atoms with Crippen molar-refractivity contribution in [2.75, 3.05) is 65.4 Å². The van der Waals surface area contributed by atoms with Crippen molar-refractivity contribution in [2.24, 2.45) is 0 Å². The number of fused-ring (bicyclic) bond motifs is 2. The first-order valence-electron chi connectivity index (χ1n) is 10.8. The Labute approximate surface area is 196 Å². The van der Waals surface area contributed by atoms with Crippen molar-refractivity contribution in [3.8, 4) is 0 Å². The van der Waals surface area contributed by atoms with Gasteiger partial charge in [-0.25, -0.2) is 0 Å². The molecule has 0 saturated carbocycles. The molecule has 1 aromatic heterocycles. The second-order valence-corrected chi connectivity index (χ2v) is 8.17. The highest BCUT2D eigenvalue weighted by atomic mass is 16.4. The van der Waals surface area contributed by atoms with E-state index in [1.807, 2.05) is 0 Å². The fourth-order valence-corrected chi connectivity index (χ4v) is 3.75. The first-order valence-corrected chi connectivity index (χ1v) is 10.8. The van der Waals surface area contributed by atoms with Crippen LogP contribution in [0.25, 0.3) is 0 Å². The number of hydrogen-bond donors (Lipinski definition) is 4. The van der Waals surface area contributed by atoms with E-state index in [4.69, 9.17) is 0 Å². The summed E-state index contributed by atoms with van der Waals surface area (Å²) in [6, 6.07) is 5.27. The quantitative estimate of drug-likeness (QED) is 0.343. The molecule has 0 aliphatic carbocycles. The van der Waals surface area contributed by atoms with Crippen LogP contribution in [0.4, 0.5) is 0 Å². The van der Waals surface area contributed by atoms with E-state index in [2.05, 4.69) is 4.98 Å². The van der Waals surface area contributed by atoms with E-state index in [0.717, 1.165) is 0 Å². The summed E-state index contributed by atoms with van der Waals surface area (Å²) in [5.41, 5.74) is 1.22. The number of carboxylic acids is 4. The van der Waals surface area contributed by atoms with Crippen LogP contribution in [0.5, 0.6) is 0 Å². The van der Waals surface area contributed by atoms with E-state index < -0.39 is 23.9 Å². The minimum absolute atomic E-state index is 0.227. The van der Waals surface area contributed by atoms with Crippen molar-refractivity contribution in [3.63, 3.8) is 0 Å². The highest BCUT2D eigenvalue weighted by Gasteiger charge is 2.20. The second-order valence-electron chi connectivity index (χ2n) is 8.17. The minimum Gasteiger partial charge on any atom is -0.480 e. The maximum absolute atomic E-state index is 11.4. The van der Waals surface area contributed by atoms with Gasteiger partial charge in [-0.15, -0.1) is 0 Å². The summed E-state index contributed by atoms with van der Waals surface area (Å²) in [7, 11) is 0. The molecule has 4 N–H and O–H groups in total. The summed E-state index contributed by atoms with van der Waals surface area (Å²) < 4.78 is 0. The van der Waals surface area contributed by atoms with Gasteiger partial charge < -0.3 is 20.4 Å².